The lowest BCUT2D eigenvalue weighted by Gasteiger charge is -2.52. The number of hydrogen-bond donors (Lipinski definition) is 1. The molecule has 130 valence electrons. The zero-order valence-corrected chi connectivity index (χ0v) is 16.1. The van der Waals surface area contributed by atoms with Gasteiger partial charge in [0.05, 0.1) is 11.1 Å². The zero-order chi connectivity index (χ0) is 17.8. The van der Waals surface area contributed by atoms with Gasteiger partial charge in [-0.05, 0) is 48.8 Å². The summed E-state index contributed by atoms with van der Waals surface area (Å²) in [5, 5.41) is 4.78. The molecule has 5 heteroatoms. The molecule has 0 unspecified atom stereocenters. The van der Waals surface area contributed by atoms with E-state index in [-0.39, 0.29) is 6.04 Å². The van der Waals surface area contributed by atoms with Crippen LogP contribution in [0.15, 0.2) is 42.5 Å². The number of hydrogen-bond acceptors (Lipinski definition) is 2. The van der Waals surface area contributed by atoms with Crippen LogP contribution in [0.5, 0.6) is 5.75 Å². The van der Waals surface area contributed by atoms with Crippen LogP contribution in [-0.4, -0.2) is 10.8 Å². The third kappa shape index (κ3) is 2.68. The third-order valence-electron chi connectivity index (χ3n) is 5.07. The Morgan fingerprint density at radius 3 is 2.64 bits per heavy atom. The van der Waals surface area contributed by atoms with E-state index in [9.17, 15) is 0 Å². The van der Waals surface area contributed by atoms with Gasteiger partial charge in [0.15, 0.2) is 10.8 Å². The molecule has 2 bridgehead atoms. The Morgan fingerprint density at radius 2 is 1.96 bits per heavy atom. The Kier molecular flexibility index (Phi) is 3.93. The van der Waals surface area contributed by atoms with Crippen LogP contribution < -0.4 is 15.0 Å². The summed E-state index contributed by atoms with van der Waals surface area (Å²) in [7, 11) is 0. The van der Waals surface area contributed by atoms with Gasteiger partial charge in [-0.2, -0.15) is 0 Å². The average molecular weight is 373 g/mol. The van der Waals surface area contributed by atoms with E-state index in [1.807, 2.05) is 18.2 Å². The van der Waals surface area contributed by atoms with Crippen molar-refractivity contribution in [3.05, 3.63) is 58.6 Å². The maximum atomic E-state index is 6.40. The summed E-state index contributed by atoms with van der Waals surface area (Å²) in [6, 6.07) is 14.5. The highest BCUT2D eigenvalue weighted by atomic mass is 35.5. The topological polar surface area (TPSA) is 24.5 Å². The van der Waals surface area contributed by atoms with E-state index >= 15 is 0 Å². The van der Waals surface area contributed by atoms with Crippen molar-refractivity contribution in [3.8, 4) is 5.75 Å². The van der Waals surface area contributed by atoms with Crippen molar-refractivity contribution < 1.29 is 4.74 Å². The van der Waals surface area contributed by atoms with E-state index in [0.29, 0.717) is 16.1 Å². The quantitative estimate of drug-likeness (QED) is 0.713. The standard InChI is InChI=1S/C20H21ClN2OS/c1-12(2)13-7-9-14(10-8-13)23-19(25)22-17-11-20(23,3)24-18-15(17)5-4-6-16(18)21/h4-10,12,17H,11H2,1-3H3,(H,22,25)/t17-,20+/m0/s1. The van der Waals surface area contributed by atoms with Crippen LogP contribution >= 0.6 is 23.8 Å². The highest BCUT2D eigenvalue weighted by molar-refractivity contribution is 7.80. The molecule has 25 heavy (non-hydrogen) atoms. The van der Waals surface area contributed by atoms with Crippen molar-refractivity contribution in [1.82, 2.24) is 5.32 Å². The van der Waals surface area contributed by atoms with Gasteiger partial charge in [-0.1, -0.05) is 49.7 Å². The molecule has 2 aliphatic heterocycles. The van der Waals surface area contributed by atoms with Crippen LogP contribution in [0.25, 0.3) is 0 Å². The molecule has 0 radical (unpaired) electrons. The Bertz CT molecular complexity index is 836. The highest BCUT2D eigenvalue weighted by Crippen LogP contribution is 2.48. The normalized spacial score (nSPS) is 24.6. The zero-order valence-electron chi connectivity index (χ0n) is 14.5. The number of rotatable bonds is 2. The molecule has 1 N–H and O–H groups in total. The molecule has 2 aromatic carbocycles. The summed E-state index contributed by atoms with van der Waals surface area (Å²) < 4.78 is 6.40. The molecule has 1 fully saturated rings. The van der Waals surface area contributed by atoms with Gasteiger partial charge in [-0.15, -0.1) is 0 Å². The highest BCUT2D eigenvalue weighted by Gasteiger charge is 2.48. The van der Waals surface area contributed by atoms with E-state index in [1.54, 1.807) is 0 Å². The van der Waals surface area contributed by atoms with Gasteiger partial charge in [-0.25, -0.2) is 0 Å². The summed E-state index contributed by atoms with van der Waals surface area (Å²) >= 11 is 12.1. The van der Waals surface area contributed by atoms with Crippen LogP contribution in [0, 0.1) is 0 Å². The Labute approximate surface area is 158 Å². The average Bonchev–Trinajstić information content (AvgIpc) is 2.56. The van der Waals surface area contributed by atoms with Crippen LogP contribution in [0.1, 0.15) is 50.3 Å². The number of ether oxygens (including phenoxy) is 1. The number of halogens is 1. The second-order valence-electron chi connectivity index (χ2n) is 7.22. The molecule has 1 saturated heterocycles. The van der Waals surface area contributed by atoms with E-state index in [4.69, 9.17) is 28.6 Å². The number of benzene rings is 2. The van der Waals surface area contributed by atoms with Gasteiger partial charge >= 0.3 is 0 Å². The lowest BCUT2D eigenvalue weighted by Crippen LogP contribution is -2.65. The smallest absolute Gasteiger partial charge is 0.188 e. The van der Waals surface area contributed by atoms with Gasteiger partial charge in [0.25, 0.3) is 0 Å². The molecule has 0 amide bonds. The maximum Gasteiger partial charge on any atom is 0.188 e. The van der Waals surface area contributed by atoms with Crippen LogP contribution in [0.4, 0.5) is 5.69 Å². The Morgan fingerprint density at radius 1 is 1.24 bits per heavy atom. The molecule has 2 heterocycles. The molecule has 0 saturated carbocycles. The first-order chi connectivity index (χ1) is 11.9. The minimum Gasteiger partial charge on any atom is -0.466 e. The van der Waals surface area contributed by atoms with Gasteiger partial charge < -0.3 is 10.1 Å². The number of para-hydroxylation sites is 1. The van der Waals surface area contributed by atoms with Crippen LogP contribution in [-0.2, 0) is 0 Å². The molecule has 0 aliphatic carbocycles. The van der Waals surface area contributed by atoms with Gasteiger partial charge in [-0.3, -0.25) is 4.90 Å². The Balaban J connectivity index is 1.76. The van der Waals surface area contributed by atoms with E-state index < -0.39 is 5.72 Å². The van der Waals surface area contributed by atoms with Gasteiger partial charge in [0.2, 0.25) is 0 Å². The minimum atomic E-state index is -0.565. The SMILES string of the molecule is CC(C)c1ccc(N2C(=S)N[C@H]3C[C@@]2(C)Oc2c(Cl)cccc23)cc1. The van der Waals surface area contributed by atoms with E-state index in [2.05, 4.69) is 55.3 Å². The molecule has 0 spiro atoms. The van der Waals surface area contributed by atoms with Crippen LogP contribution in [0.3, 0.4) is 0 Å². The van der Waals surface area contributed by atoms with Crippen molar-refractivity contribution in [2.24, 2.45) is 0 Å². The molecule has 0 aromatic heterocycles. The van der Waals surface area contributed by atoms with Crippen molar-refractivity contribution in [2.75, 3.05) is 4.90 Å². The fourth-order valence-electron chi connectivity index (χ4n) is 3.75. The number of nitrogens with one attached hydrogen (secondary N) is 1. The van der Waals surface area contributed by atoms with Crippen molar-refractivity contribution in [2.45, 2.75) is 44.9 Å². The van der Waals surface area contributed by atoms with E-state index in [1.165, 1.54) is 5.56 Å². The predicted octanol–water partition coefficient (Wildman–Crippen LogP) is 5.40. The van der Waals surface area contributed by atoms with Crippen molar-refractivity contribution in [3.63, 3.8) is 0 Å². The van der Waals surface area contributed by atoms with E-state index in [0.717, 1.165) is 23.4 Å². The number of anilines is 1. The second-order valence-corrected chi connectivity index (χ2v) is 8.02. The molecule has 4 rings (SSSR count). The second kappa shape index (κ2) is 5.89. The first-order valence-corrected chi connectivity index (χ1v) is 9.36. The first-order valence-electron chi connectivity index (χ1n) is 8.57. The minimum absolute atomic E-state index is 0.117. The largest absolute Gasteiger partial charge is 0.466 e. The molecular formula is C20H21ClN2OS. The van der Waals surface area contributed by atoms with Crippen molar-refractivity contribution >= 4 is 34.6 Å². The van der Waals surface area contributed by atoms with Gasteiger partial charge in [0.1, 0.15) is 5.75 Å². The summed E-state index contributed by atoms with van der Waals surface area (Å²) in [5.74, 6) is 1.25. The maximum absolute atomic E-state index is 6.40. The molecular weight excluding hydrogens is 352 g/mol. The van der Waals surface area contributed by atoms with Crippen molar-refractivity contribution in [1.29, 1.82) is 0 Å². The lowest BCUT2D eigenvalue weighted by atomic mass is 9.90. The summed E-state index contributed by atoms with van der Waals surface area (Å²) in [6.45, 7) is 6.46. The number of thiocarbonyl (C=S) groups is 1. The summed E-state index contributed by atoms with van der Waals surface area (Å²) in [5.41, 5.74) is 2.84. The molecule has 3 nitrogen and oxygen atoms in total. The summed E-state index contributed by atoms with van der Waals surface area (Å²) in [6.07, 6.45) is 0.798. The predicted molar refractivity (Wildman–Crippen MR) is 107 cm³/mol. The van der Waals surface area contributed by atoms with Crippen LogP contribution in [0.2, 0.25) is 5.02 Å². The third-order valence-corrected chi connectivity index (χ3v) is 5.67. The first kappa shape index (κ1) is 16.7. The fourth-order valence-corrected chi connectivity index (χ4v) is 4.41. The Hall–Kier alpha value is -1.78. The lowest BCUT2D eigenvalue weighted by molar-refractivity contribution is 0.0499. The molecule has 2 atom stereocenters. The monoisotopic (exact) mass is 372 g/mol. The fraction of sp³-hybridized carbons (Fsp3) is 0.350. The molecule has 2 aromatic rings. The molecule has 2 aliphatic rings. The summed E-state index contributed by atoms with van der Waals surface area (Å²) in [4.78, 5) is 2.06. The number of fused-ring (bicyclic) bond motifs is 4. The number of nitrogens with zero attached hydrogens (tertiary/aromatic N) is 1. The van der Waals surface area contributed by atoms with Gasteiger partial charge in [0, 0.05) is 17.7 Å².